The monoisotopic (exact) mass is 238 g/mol. The minimum Gasteiger partial charge on any atom is -0.0651 e. The summed E-state index contributed by atoms with van der Waals surface area (Å²) in [6.07, 6.45) is 5.58. The van der Waals surface area contributed by atoms with Gasteiger partial charge in [0.15, 0.2) is 0 Å². The third-order valence-corrected chi connectivity index (χ3v) is 5.85. The molecule has 0 nitrogen and oxygen atoms in total. The maximum atomic E-state index is 2.51. The van der Waals surface area contributed by atoms with Gasteiger partial charge < -0.3 is 0 Å². The molecule has 17 heavy (non-hydrogen) atoms. The highest BCUT2D eigenvalue weighted by Crippen LogP contribution is 2.49. The Morgan fingerprint density at radius 3 is 1.88 bits per heavy atom. The van der Waals surface area contributed by atoms with Crippen molar-refractivity contribution in [1.29, 1.82) is 0 Å². The highest BCUT2D eigenvalue weighted by Gasteiger charge is 2.40. The van der Waals surface area contributed by atoms with Crippen molar-refractivity contribution in [2.45, 2.75) is 74.1 Å². The van der Waals surface area contributed by atoms with E-state index >= 15 is 0 Å². The lowest BCUT2D eigenvalue weighted by Gasteiger charge is -2.42. The first-order chi connectivity index (χ1) is 7.83. The fourth-order valence-corrected chi connectivity index (χ4v) is 4.35. The molecule has 0 aliphatic heterocycles. The van der Waals surface area contributed by atoms with E-state index < -0.39 is 0 Å². The van der Waals surface area contributed by atoms with Gasteiger partial charge in [0.25, 0.3) is 0 Å². The third kappa shape index (κ3) is 3.26. The molecule has 0 bridgehead atoms. The van der Waals surface area contributed by atoms with E-state index in [-0.39, 0.29) is 0 Å². The minimum atomic E-state index is 0.518. The molecular weight excluding hydrogens is 204 g/mol. The van der Waals surface area contributed by atoms with Gasteiger partial charge in [-0.25, -0.2) is 0 Å². The normalized spacial score (nSPS) is 40.1. The first kappa shape index (κ1) is 15.1. The molecule has 0 aromatic heterocycles. The second-order valence-corrected chi connectivity index (χ2v) is 7.44. The van der Waals surface area contributed by atoms with Crippen LogP contribution in [0.3, 0.4) is 0 Å². The van der Waals surface area contributed by atoms with Crippen molar-refractivity contribution < 1.29 is 0 Å². The Bertz CT molecular complexity index is 228. The Kier molecular flexibility index (Phi) is 5.10. The Labute approximate surface area is 110 Å². The van der Waals surface area contributed by atoms with Crippen molar-refractivity contribution in [3.8, 4) is 0 Å². The lowest BCUT2D eigenvalue weighted by Crippen LogP contribution is -2.34. The zero-order valence-electron chi connectivity index (χ0n) is 13.2. The zero-order chi connectivity index (χ0) is 13.2. The predicted octanol–water partition coefficient (Wildman–Crippen LogP) is 5.77. The first-order valence-corrected chi connectivity index (χ1v) is 7.83. The van der Waals surface area contributed by atoms with Gasteiger partial charge in [-0.1, -0.05) is 61.3 Å². The largest absolute Gasteiger partial charge is 0.0651 e. The van der Waals surface area contributed by atoms with Crippen molar-refractivity contribution >= 4 is 0 Å². The Balaban J connectivity index is 2.97. The summed E-state index contributed by atoms with van der Waals surface area (Å²) in [7, 11) is 0. The SMILES string of the molecule is CCC1CC(C)C(C)CC(C)C1C(C)(C)CC. The summed E-state index contributed by atoms with van der Waals surface area (Å²) < 4.78 is 0. The van der Waals surface area contributed by atoms with Crippen molar-refractivity contribution in [3.05, 3.63) is 0 Å². The fraction of sp³-hybridized carbons (Fsp3) is 1.00. The van der Waals surface area contributed by atoms with Crippen molar-refractivity contribution in [1.82, 2.24) is 0 Å². The Hall–Kier alpha value is 0. The van der Waals surface area contributed by atoms with E-state index in [1.54, 1.807) is 0 Å². The van der Waals surface area contributed by atoms with Gasteiger partial charge in [-0.15, -0.1) is 0 Å². The maximum Gasteiger partial charge on any atom is -0.0309 e. The van der Waals surface area contributed by atoms with E-state index in [4.69, 9.17) is 0 Å². The Morgan fingerprint density at radius 1 is 0.882 bits per heavy atom. The van der Waals surface area contributed by atoms with Gasteiger partial charge in [-0.05, 0) is 47.8 Å². The Morgan fingerprint density at radius 2 is 1.41 bits per heavy atom. The molecule has 0 N–H and O–H groups in total. The van der Waals surface area contributed by atoms with Crippen LogP contribution in [-0.4, -0.2) is 0 Å². The summed E-state index contributed by atoms with van der Waals surface area (Å²) in [5.74, 6) is 4.59. The van der Waals surface area contributed by atoms with Gasteiger partial charge in [-0.2, -0.15) is 0 Å². The van der Waals surface area contributed by atoms with E-state index in [0.717, 1.165) is 29.6 Å². The van der Waals surface area contributed by atoms with Gasteiger partial charge in [-0.3, -0.25) is 0 Å². The summed E-state index contributed by atoms with van der Waals surface area (Å²) >= 11 is 0. The second kappa shape index (κ2) is 5.76. The molecule has 0 saturated heterocycles. The number of hydrogen-bond donors (Lipinski definition) is 0. The molecule has 0 amide bonds. The standard InChI is InChI=1S/C17H34/c1-8-15-11-13(4)12(3)10-14(5)16(15)17(6,7)9-2/h12-16H,8-11H2,1-7H3. The molecule has 5 atom stereocenters. The summed E-state index contributed by atoms with van der Waals surface area (Å²) in [5, 5.41) is 0. The number of rotatable bonds is 3. The molecule has 0 heterocycles. The molecule has 1 aliphatic rings. The van der Waals surface area contributed by atoms with Crippen molar-refractivity contribution in [2.75, 3.05) is 0 Å². The quantitative estimate of drug-likeness (QED) is 0.548. The van der Waals surface area contributed by atoms with Gasteiger partial charge in [0.05, 0.1) is 0 Å². The van der Waals surface area contributed by atoms with E-state index in [1.807, 2.05) is 0 Å². The fourth-order valence-electron chi connectivity index (χ4n) is 4.35. The summed E-state index contributed by atoms with van der Waals surface area (Å²) in [6.45, 7) is 17.2. The van der Waals surface area contributed by atoms with Crippen LogP contribution in [0, 0.1) is 35.0 Å². The summed E-state index contributed by atoms with van der Waals surface area (Å²) in [4.78, 5) is 0. The third-order valence-electron chi connectivity index (χ3n) is 5.85. The minimum absolute atomic E-state index is 0.518. The molecule has 5 unspecified atom stereocenters. The molecule has 0 aromatic rings. The molecule has 1 saturated carbocycles. The van der Waals surface area contributed by atoms with E-state index in [0.29, 0.717) is 5.41 Å². The smallest absolute Gasteiger partial charge is 0.0309 e. The van der Waals surface area contributed by atoms with Crippen LogP contribution in [0.15, 0.2) is 0 Å². The lowest BCUT2D eigenvalue weighted by atomic mass is 9.63. The lowest BCUT2D eigenvalue weighted by molar-refractivity contribution is 0.0740. The molecule has 0 aromatic carbocycles. The van der Waals surface area contributed by atoms with Crippen LogP contribution >= 0.6 is 0 Å². The zero-order valence-corrected chi connectivity index (χ0v) is 13.2. The molecule has 0 radical (unpaired) electrons. The van der Waals surface area contributed by atoms with Gasteiger partial charge in [0, 0.05) is 0 Å². The van der Waals surface area contributed by atoms with Gasteiger partial charge >= 0.3 is 0 Å². The number of hydrogen-bond acceptors (Lipinski definition) is 0. The first-order valence-electron chi connectivity index (χ1n) is 7.83. The average Bonchev–Trinajstić information content (AvgIpc) is 2.37. The molecule has 0 heteroatoms. The van der Waals surface area contributed by atoms with Crippen molar-refractivity contribution in [3.63, 3.8) is 0 Å². The van der Waals surface area contributed by atoms with Crippen LogP contribution in [0.25, 0.3) is 0 Å². The van der Waals surface area contributed by atoms with E-state index in [9.17, 15) is 0 Å². The van der Waals surface area contributed by atoms with Crippen LogP contribution < -0.4 is 0 Å². The molecular formula is C17H34. The summed E-state index contributed by atoms with van der Waals surface area (Å²) in [5.41, 5.74) is 0.518. The maximum absolute atomic E-state index is 2.51. The van der Waals surface area contributed by atoms with Gasteiger partial charge in [0.1, 0.15) is 0 Å². The van der Waals surface area contributed by atoms with E-state index in [2.05, 4.69) is 48.5 Å². The van der Waals surface area contributed by atoms with Crippen molar-refractivity contribution in [2.24, 2.45) is 35.0 Å². The molecule has 1 aliphatic carbocycles. The van der Waals surface area contributed by atoms with Crippen LogP contribution in [0.1, 0.15) is 74.1 Å². The summed E-state index contributed by atoms with van der Waals surface area (Å²) in [6, 6.07) is 0. The van der Waals surface area contributed by atoms with Crippen LogP contribution in [0.2, 0.25) is 0 Å². The van der Waals surface area contributed by atoms with E-state index in [1.165, 1.54) is 25.7 Å². The molecule has 1 fully saturated rings. The highest BCUT2D eigenvalue weighted by atomic mass is 14.5. The van der Waals surface area contributed by atoms with Crippen LogP contribution in [0.4, 0.5) is 0 Å². The molecule has 102 valence electrons. The van der Waals surface area contributed by atoms with Crippen LogP contribution in [-0.2, 0) is 0 Å². The van der Waals surface area contributed by atoms with Crippen LogP contribution in [0.5, 0.6) is 0 Å². The molecule has 1 rings (SSSR count). The highest BCUT2D eigenvalue weighted by molar-refractivity contribution is 4.90. The predicted molar refractivity (Wildman–Crippen MR) is 78.1 cm³/mol. The van der Waals surface area contributed by atoms with Gasteiger partial charge in [0.2, 0.25) is 0 Å². The molecule has 0 spiro atoms. The topological polar surface area (TPSA) is 0 Å². The second-order valence-electron chi connectivity index (χ2n) is 7.44. The average molecular weight is 238 g/mol.